The summed E-state index contributed by atoms with van der Waals surface area (Å²) in [6.45, 7) is 4.45. The lowest BCUT2D eigenvalue weighted by Crippen LogP contribution is -2.33. The summed E-state index contributed by atoms with van der Waals surface area (Å²) in [4.78, 5) is 10.9. The van der Waals surface area contributed by atoms with Gasteiger partial charge in [0.2, 0.25) is 5.91 Å². The Bertz CT molecular complexity index is 615. The molecule has 5 heteroatoms. The average molecular weight is 359 g/mol. The highest BCUT2D eigenvalue weighted by Gasteiger charge is 2.27. The maximum absolute atomic E-state index is 12.3. The molecule has 26 heavy (non-hydrogen) atoms. The third-order valence-corrected chi connectivity index (χ3v) is 6.00. The number of nitrogens with zero attached hydrogens (tertiary/aromatic N) is 1. The van der Waals surface area contributed by atoms with Crippen LogP contribution in [-0.4, -0.2) is 24.1 Å². The molecule has 1 aromatic carbocycles. The van der Waals surface area contributed by atoms with Crippen molar-refractivity contribution < 1.29 is 4.79 Å². The van der Waals surface area contributed by atoms with E-state index < -0.39 is 0 Å². The summed E-state index contributed by atoms with van der Waals surface area (Å²) in [5.74, 6) is 0.946. The van der Waals surface area contributed by atoms with Crippen molar-refractivity contribution in [1.29, 1.82) is 0 Å². The fraction of sp³-hybridized carbons (Fsp3) is 0.667. The smallest absolute Gasteiger partial charge is 0.217 e. The number of fused-ring (bicyclic) bond motifs is 1. The van der Waals surface area contributed by atoms with Crippen LogP contribution >= 0.6 is 0 Å². The summed E-state index contributed by atoms with van der Waals surface area (Å²) >= 11 is 0. The first-order valence-electron chi connectivity index (χ1n) is 10.1. The lowest BCUT2D eigenvalue weighted by atomic mass is 9.78. The Kier molecular flexibility index (Phi) is 6.68. The summed E-state index contributed by atoms with van der Waals surface area (Å²) < 4.78 is 0. The van der Waals surface area contributed by atoms with Gasteiger partial charge in [-0.1, -0.05) is 44.4 Å². The normalized spacial score (nSPS) is 21.8. The molecule has 0 aromatic heterocycles. The second-order valence-corrected chi connectivity index (χ2v) is 8.21. The van der Waals surface area contributed by atoms with Crippen molar-refractivity contribution in [3.63, 3.8) is 0 Å². The van der Waals surface area contributed by atoms with Crippen LogP contribution in [0.3, 0.4) is 0 Å². The highest BCUT2D eigenvalue weighted by Crippen LogP contribution is 2.40. The van der Waals surface area contributed by atoms with Gasteiger partial charge in [-0.2, -0.15) is 0 Å². The minimum Gasteiger partial charge on any atom is -0.785 e. The molecule has 2 aliphatic rings. The van der Waals surface area contributed by atoms with E-state index in [1.54, 1.807) is 0 Å². The molecule has 3 rings (SSSR count). The predicted octanol–water partition coefficient (Wildman–Crippen LogP) is 3.27. The van der Waals surface area contributed by atoms with Crippen LogP contribution in [0.25, 0.3) is 0 Å². The monoisotopic (exact) mass is 358 g/mol. The van der Waals surface area contributed by atoms with E-state index in [9.17, 15) is 10.0 Å². The van der Waals surface area contributed by atoms with Crippen molar-refractivity contribution >= 4 is 5.91 Å². The molecule has 1 aliphatic heterocycles. The first kappa shape index (κ1) is 19.3. The summed E-state index contributed by atoms with van der Waals surface area (Å²) in [7, 11) is 0. The van der Waals surface area contributed by atoms with Crippen LogP contribution in [0.15, 0.2) is 18.2 Å². The van der Waals surface area contributed by atoms with Gasteiger partial charge in [-0.25, -0.2) is 0 Å². The number of primary amides is 1. The fourth-order valence-electron chi connectivity index (χ4n) is 4.09. The van der Waals surface area contributed by atoms with E-state index in [-0.39, 0.29) is 11.9 Å². The molecule has 1 saturated carbocycles. The first-order chi connectivity index (χ1) is 12.5. The number of nitrogens with two attached hydrogens (primary N) is 1. The Morgan fingerprint density at radius 3 is 2.92 bits per heavy atom. The number of amides is 1. The molecular weight excluding hydrogens is 326 g/mol. The number of carbonyl (C=O) groups excluding carboxylic acids is 1. The van der Waals surface area contributed by atoms with Crippen molar-refractivity contribution in [3.05, 3.63) is 40.1 Å². The average Bonchev–Trinajstić information content (AvgIpc) is 2.57. The van der Waals surface area contributed by atoms with E-state index in [1.807, 2.05) is 0 Å². The largest absolute Gasteiger partial charge is 0.785 e. The molecule has 2 unspecified atom stereocenters. The van der Waals surface area contributed by atoms with Crippen LogP contribution < -0.4 is 11.1 Å². The van der Waals surface area contributed by atoms with Gasteiger partial charge in [-0.3, -0.25) is 4.79 Å². The van der Waals surface area contributed by atoms with Crippen LogP contribution in [0.4, 0.5) is 0 Å². The molecule has 1 amide bonds. The van der Waals surface area contributed by atoms with E-state index in [0.29, 0.717) is 18.9 Å². The summed E-state index contributed by atoms with van der Waals surface area (Å²) in [6, 6.07) is 6.67. The number of nitrogens with one attached hydrogen (secondary N) is 1. The van der Waals surface area contributed by atoms with Gasteiger partial charge in [0.15, 0.2) is 0 Å². The standard InChI is InChI=1S/C21H32N3O2/c1-15(5-8-21(22)25)13-23-14-17-6-7-19-18(11-17)9-10-24(26)20(19)12-16-3-2-4-16/h6-7,11,15-16,20,23H,2-5,8-10,12-14H2,1H3,(H2,22,25)/q-1. The van der Waals surface area contributed by atoms with Gasteiger partial charge in [-0.05, 0) is 60.9 Å². The third-order valence-electron chi connectivity index (χ3n) is 6.00. The van der Waals surface area contributed by atoms with E-state index in [1.165, 1.54) is 41.0 Å². The highest BCUT2D eigenvalue weighted by atomic mass is 16.5. The molecule has 3 N–H and O–H groups in total. The van der Waals surface area contributed by atoms with Gasteiger partial charge in [0.05, 0.1) is 0 Å². The molecule has 5 nitrogen and oxygen atoms in total. The van der Waals surface area contributed by atoms with Crippen LogP contribution in [0.2, 0.25) is 0 Å². The maximum Gasteiger partial charge on any atom is 0.217 e. The Morgan fingerprint density at radius 2 is 2.23 bits per heavy atom. The fourth-order valence-corrected chi connectivity index (χ4v) is 4.09. The number of hydrogen-bond donors (Lipinski definition) is 2. The molecule has 0 bridgehead atoms. The Balaban J connectivity index is 1.53. The first-order valence-corrected chi connectivity index (χ1v) is 10.1. The predicted molar refractivity (Wildman–Crippen MR) is 104 cm³/mol. The zero-order valence-corrected chi connectivity index (χ0v) is 15.9. The Hall–Kier alpha value is -1.43. The molecule has 1 fully saturated rings. The van der Waals surface area contributed by atoms with Gasteiger partial charge in [0, 0.05) is 19.0 Å². The zero-order chi connectivity index (χ0) is 18.5. The van der Waals surface area contributed by atoms with Gasteiger partial charge in [0.1, 0.15) is 0 Å². The molecule has 1 aliphatic carbocycles. The second-order valence-electron chi connectivity index (χ2n) is 8.21. The van der Waals surface area contributed by atoms with Crippen molar-refractivity contribution in [2.45, 2.75) is 64.5 Å². The minimum absolute atomic E-state index is 0.0554. The van der Waals surface area contributed by atoms with Crippen LogP contribution in [0.1, 0.15) is 68.2 Å². The number of rotatable bonds is 9. The molecule has 2 atom stereocenters. The van der Waals surface area contributed by atoms with Crippen molar-refractivity contribution in [2.24, 2.45) is 17.6 Å². The van der Waals surface area contributed by atoms with Crippen LogP contribution in [0, 0.1) is 17.0 Å². The lowest BCUT2D eigenvalue weighted by Gasteiger charge is -2.45. The lowest BCUT2D eigenvalue weighted by molar-refractivity contribution is -0.118. The Labute approximate surface area is 156 Å². The van der Waals surface area contributed by atoms with Crippen molar-refractivity contribution in [3.8, 4) is 0 Å². The molecular formula is C21H32N3O2-. The van der Waals surface area contributed by atoms with E-state index in [4.69, 9.17) is 5.73 Å². The van der Waals surface area contributed by atoms with Crippen molar-refractivity contribution in [2.75, 3.05) is 13.1 Å². The molecule has 0 spiro atoms. The Morgan fingerprint density at radius 1 is 1.42 bits per heavy atom. The van der Waals surface area contributed by atoms with E-state index >= 15 is 0 Å². The van der Waals surface area contributed by atoms with Crippen LogP contribution in [-0.2, 0) is 17.8 Å². The summed E-state index contributed by atoms with van der Waals surface area (Å²) in [5.41, 5.74) is 9.07. The molecule has 144 valence electrons. The molecule has 0 saturated heterocycles. The minimum atomic E-state index is -0.226. The SMILES string of the molecule is CC(CCC(N)=O)CNCc1ccc2c(c1)CCN([O-])C2CC1CCC1. The van der Waals surface area contributed by atoms with E-state index in [2.05, 4.69) is 30.4 Å². The van der Waals surface area contributed by atoms with Gasteiger partial charge in [0.25, 0.3) is 0 Å². The molecule has 1 heterocycles. The molecule has 0 radical (unpaired) electrons. The maximum atomic E-state index is 12.3. The number of hydroxylamine groups is 2. The number of carbonyl (C=O) groups is 1. The highest BCUT2D eigenvalue weighted by molar-refractivity contribution is 5.73. The van der Waals surface area contributed by atoms with Gasteiger partial charge in [-0.15, -0.1) is 0 Å². The third kappa shape index (κ3) is 5.06. The van der Waals surface area contributed by atoms with Gasteiger partial charge < -0.3 is 21.3 Å². The van der Waals surface area contributed by atoms with Gasteiger partial charge >= 0.3 is 0 Å². The topological polar surface area (TPSA) is 81.4 Å². The zero-order valence-electron chi connectivity index (χ0n) is 15.9. The second kappa shape index (κ2) is 8.98. The summed E-state index contributed by atoms with van der Waals surface area (Å²) in [6.07, 6.45) is 7.05. The van der Waals surface area contributed by atoms with Crippen molar-refractivity contribution in [1.82, 2.24) is 10.4 Å². The van der Waals surface area contributed by atoms with Crippen LogP contribution in [0.5, 0.6) is 0 Å². The summed E-state index contributed by atoms with van der Waals surface area (Å²) in [5, 5.41) is 17.1. The quantitative estimate of drug-likeness (QED) is 0.710. The van der Waals surface area contributed by atoms with E-state index in [0.717, 1.165) is 38.3 Å². The number of hydrogen-bond acceptors (Lipinski definition) is 4. The molecule has 1 aromatic rings. The number of benzene rings is 1.